The van der Waals surface area contributed by atoms with Gasteiger partial charge in [-0.25, -0.2) is 9.78 Å². The minimum absolute atomic E-state index is 0.0804. The van der Waals surface area contributed by atoms with Crippen molar-refractivity contribution >= 4 is 17.6 Å². The Morgan fingerprint density at radius 3 is 2.61 bits per heavy atom. The molecule has 5 nitrogen and oxygen atoms in total. The van der Waals surface area contributed by atoms with E-state index in [0.29, 0.717) is 17.0 Å². The van der Waals surface area contributed by atoms with Gasteiger partial charge in [-0.15, -0.1) is 0 Å². The van der Waals surface area contributed by atoms with Gasteiger partial charge in [0.1, 0.15) is 11.6 Å². The number of hydrogen-bond donors (Lipinski definition) is 2. The van der Waals surface area contributed by atoms with Crippen LogP contribution in [0.1, 0.15) is 39.3 Å². The first-order chi connectivity index (χ1) is 13.4. The molecule has 0 unspecified atom stereocenters. The molecule has 0 saturated heterocycles. The molecule has 1 heterocycles. The molecule has 6 heteroatoms. The van der Waals surface area contributed by atoms with Crippen LogP contribution in [0, 0.1) is 18.8 Å². The van der Waals surface area contributed by atoms with E-state index in [1.54, 1.807) is 30.5 Å². The third kappa shape index (κ3) is 4.73. The number of aromatic hydroxyl groups is 1. The van der Waals surface area contributed by atoms with Gasteiger partial charge in [-0.1, -0.05) is 23.4 Å². The summed E-state index contributed by atoms with van der Waals surface area (Å²) in [6, 6.07) is 9.56. The molecule has 0 atom stereocenters. The number of phenolic OH excluding ortho intramolecular Hbond substituents is 1. The maximum Gasteiger partial charge on any atom is 0.335 e. The Morgan fingerprint density at radius 2 is 1.93 bits per heavy atom. The standard InChI is InChI=1S/C22H19ClN2O3/c1-15-24-10-12-25(15)11-2-3-18-13-19(22(27)28)7-5-16(18)4-6-17-8-9-20(26)14-21(17)23/h5,7-10,12-14,26H,2-3,11H2,1H3,(H,27,28). The van der Waals surface area contributed by atoms with Crippen LogP contribution in [-0.4, -0.2) is 25.7 Å². The van der Waals surface area contributed by atoms with E-state index in [-0.39, 0.29) is 11.3 Å². The average Bonchev–Trinajstić information content (AvgIpc) is 3.06. The lowest BCUT2D eigenvalue weighted by Crippen LogP contribution is -2.03. The minimum atomic E-state index is -0.965. The smallest absolute Gasteiger partial charge is 0.335 e. The van der Waals surface area contributed by atoms with Crippen molar-refractivity contribution in [2.75, 3.05) is 0 Å². The van der Waals surface area contributed by atoms with Gasteiger partial charge < -0.3 is 14.8 Å². The molecule has 0 aliphatic heterocycles. The van der Waals surface area contributed by atoms with Gasteiger partial charge in [0, 0.05) is 30.1 Å². The van der Waals surface area contributed by atoms with Gasteiger partial charge in [0.25, 0.3) is 0 Å². The van der Waals surface area contributed by atoms with Gasteiger partial charge in [-0.3, -0.25) is 0 Å². The van der Waals surface area contributed by atoms with Gasteiger partial charge in [0.2, 0.25) is 0 Å². The molecule has 3 aromatic rings. The van der Waals surface area contributed by atoms with Crippen molar-refractivity contribution in [1.82, 2.24) is 9.55 Å². The monoisotopic (exact) mass is 394 g/mol. The summed E-state index contributed by atoms with van der Waals surface area (Å²) in [6.45, 7) is 2.74. The largest absolute Gasteiger partial charge is 0.508 e. The number of nitrogens with zero attached hydrogens (tertiary/aromatic N) is 2. The number of benzene rings is 2. The van der Waals surface area contributed by atoms with Crippen LogP contribution in [0.15, 0.2) is 48.8 Å². The van der Waals surface area contributed by atoms with Gasteiger partial charge in [-0.05, 0) is 61.7 Å². The molecule has 0 aliphatic carbocycles. The van der Waals surface area contributed by atoms with E-state index < -0.39 is 5.97 Å². The third-order valence-electron chi connectivity index (χ3n) is 4.41. The summed E-state index contributed by atoms with van der Waals surface area (Å²) in [6.07, 6.45) is 5.20. The second-order valence-corrected chi connectivity index (χ2v) is 6.77. The summed E-state index contributed by atoms with van der Waals surface area (Å²) in [5.41, 5.74) is 2.47. The molecule has 0 saturated carbocycles. The number of halogens is 1. The summed E-state index contributed by atoms with van der Waals surface area (Å²) in [7, 11) is 0. The number of carboxylic acid groups (broad SMARTS) is 1. The van der Waals surface area contributed by atoms with Gasteiger partial charge in [-0.2, -0.15) is 0 Å². The Labute approximate surface area is 168 Å². The Morgan fingerprint density at radius 1 is 1.18 bits per heavy atom. The Hall–Kier alpha value is -3.23. The maximum atomic E-state index is 11.3. The summed E-state index contributed by atoms with van der Waals surface area (Å²) in [4.78, 5) is 15.5. The quantitative estimate of drug-likeness (QED) is 0.633. The van der Waals surface area contributed by atoms with Crippen molar-refractivity contribution in [1.29, 1.82) is 0 Å². The molecule has 1 aromatic heterocycles. The van der Waals surface area contributed by atoms with Gasteiger partial charge in [0.05, 0.1) is 10.6 Å². The zero-order valence-corrected chi connectivity index (χ0v) is 16.1. The number of hydrogen-bond acceptors (Lipinski definition) is 3. The molecule has 0 amide bonds. The van der Waals surface area contributed by atoms with Gasteiger partial charge in [0.15, 0.2) is 0 Å². The molecule has 0 spiro atoms. The van der Waals surface area contributed by atoms with E-state index >= 15 is 0 Å². The van der Waals surface area contributed by atoms with E-state index in [4.69, 9.17) is 11.6 Å². The lowest BCUT2D eigenvalue weighted by Gasteiger charge is -2.08. The number of rotatable bonds is 5. The summed E-state index contributed by atoms with van der Waals surface area (Å²) < 4.78 is 2.06. The van der Waals surface area contributed by atoms with E-state index in [9.17, 15) is 15.0 Å². The Bertz CT molecular complexity index is 1080. The lowest BCUT2D eigenvalue weighted by atomic mass is 9.99. The molecule has 0 fully saturated rings. The fourth-order valence-electron chi connectivity index (χ4n) is 2.88. The predicted molar refractivity (Wildman–Crippen MR) is 108 cm³/mol. The van der Waals surface area contributed by atoms with Crippen LogP contribution in [0.25, 0.3) is 0 Å². The maximum absolute atomic E-state index is 11.3. The average molecular weight is 395 g/mol. The fraction of sp³-hybridized carbons (Fsp3) is 0.182. The number of imidazole rings is 1. The molecule has 2 N–H and O–H groups in total. The molecule has 0 bridgehead atoms. The molecular formula is C22H19ClN2O3. The van der Waals surface area contributed by atoms with E-state index in [1.807, 2.05) is 13.1 Å². The van der Waals surface area contributed by atoms with E-state index in [0.717, 1.165) is 29.9 Å². The molecule has 0 radical (unpaired) electrons. The van der Waals surface area contributed by atoms with Crippen molar-refractivity contribution in [3.8, 4) is 17.6 Å². The molecule has 2 aromatic carbocycles. The van der Waals surface area contributed by atoms with Crippen molar-refractivity contribution in [2.45, 2.75) is 26.3 Å². The first-order valence-corrected chi connectivity index (χ1v) is 9.16. The fourth-order valence-corrected chi connectivity index (χ4v) is 3.10. The Balaban J connectivity index is 1.85. The second-order valence-electron chi connectivity index (χ2n) is 6.36. The topological polar surface area (TPSA) is 75.4 Å². The highest BCUT2D eigenvalue weighted by atomic mass is 35.5. The number of carboxylic acids is 1. The zero-order valence-electron chi connectivity index (χ0n) is 15.3. The second kappa shape index (κ2) is 8.64. The van der Waals surface area contributed by atoms with Crippen molar-refractivity contribution in [3.63, 3.8) is 0 Å². The Kier molecular flexibility index (Phi) is 6.03. The van der Waals surface area contributed by atoms with Crippen molar-refractivity contribution in [2.24, 2.45) is 0 Å². The first-order valence-electron chi connectivity index (χ1n) is 8.78. The minimum Gasteiger partial charge on any atom is -0.508 e. The van der Waals surface area contributed by atoms with Gasteiger partial charge >= 0.3 is 5.97 Å². The van der Waals surface area contributed by atoms with Crippen LogP contribution in [0.3, 0.4) is 0 Å². The SMILES string of the molecule is Cc1nccn1CCCc1cc(C(=O)O)ccc1C#Cc1ccc(O)cc1Cl. The van der Waals surface area contributed by atoms with Crippen LogP contribution < -0.4 is 0 Å². The van der Waals surface area contributed by atoms with E-state index in [1.165, 1.54) is 12.1 Å². The molecular weight excluding hydrogens is 376 g/mol. The van der Waals surface area contributed by atoms with Crippen LogP contribution in [-0.2, 0) is 13.0 Å². The summed E-state index contributed by atoms with van der Waals surface area (Å²) in [5, 5.41) is 19.1. The number of phenols is 1. The molecule has 0 aliphatic rings. The third-order valence-corrected chi connectivity index (χ3v) is 4.72. The highest BCUT2D eigenvalue weighted by Gasteiger charge is 2.08. The van der Waals surface area contributed by atoms with Crippen LogP contribution in [0.4, 0.5) is 0 Å². The molecule has 3 rings (SSSR count). The van der Waals surface area contributed by atoms with Crippen molar-refractivity contribution in [3.05, 3.63) is 81.9 Å². The normalized spacial score (nSPS) is 10.4. The highest BCUT2D eigenvalue weighted by Crippen LogP contribution is 2.21. The molecule has 142 valence electrons. The first kappa shape index (κ1) is 19.5. The summed E-state index contributed by atoms with van der Waals surface area (Å²) in [5.74, 6) is 6.15. The summed E-state index contributed by atoms with van der Waals surface area (Å²) >= 11 is 6.11. The number of aryl methyl sites for hydroxylation is 3. The lowest BCUT2D eigenvalue weighted by molar-refractivity contribution is 0.0696. The molecule has 28 heavy (non-hydrogen) atoms. The number of carbonyl (C=O) groups is 1. The zero-order chi connectivity index (χ0) is 20.1. The number of aromatic nitrogens is 2. The number of aromatic carboxylic acids is 1. The van der Waals surface area contributed by atoms with Crippen LogP contribution >= 0.6 is 11.6 Å². The van der Waals surface area contributed by atoms with Crippen LogP contribution in [0.5, 0.6) is 5.75 Å². The van der Waals surface area contributed by atoms with Crippen LogP contribution in [0.2, 0.25) is 5.02 Å². The van der Waals surface area contributed by atoms with Crippen molar-refractivity contribution < 1.29 is 15.0 Å². The van der Waals surface area contributed by atoms with E-state index in [2.05, 4.69) is 21.4 Å². The predicted octanol–water partition coefficient (Wildman–Crippen LogP) is 4.28. The highest BCUT2D eigenvalue weighted by molar-refractivity contribution is 6.31.